The lowest BCUT2D eigenvalue weighted by atomic mass is 10.3. The second-order valence-corrected chi connectivity index (χ2v) is 6.43. The molecule has 2 aromatic carbocycles. The number of benzene rings is 2. The summed E-state index contributed by atoms with van der Waals surface area (Å²) in [5, 5.41) is 6.91. The van der Waals surface area contributed by atoms with Gasteiger partial charge in [-0.1, -0.05) is 36.4 Å². The highest BCUT2D eigenvalue weighted by Crippen LogP contribution is 2.19. The van der Waals surface area contributed by atoms with Crippen LogP contribution in [-0.4, -0.2) is 45.3 Å². The Morgan fingerprint density at radius 2 is 1.81 bits per heavy atom. The Labute approximate surface area is 179 Å². The van der Waals surface area contributed by atoms with Gasteiger partial charge in [-0.25, -0.2) is 0 Å². The molecule has 1 aliphatic heterocycles. The summed E-state index contributed by atoms with van der Waals surface area (Å²) in [6, 6.07) is 20.9. The molecule has 1 atom stereocenters. The van der Waals surface area contributed by atoms with Crippen molar-refractivity contribution in [2.45, 2.75) is 18.9 Å². The zero-order valence-corrected chi connectivity index (χ0v) is 18.1. The lowest BCUT2D eigenvalue weighted by molar-refractivity contribution is 0.311. The number of aliphatic imine (C=N–C) groups is 1. The van der Waals surface area contributed by atoms with Crippen LogP contribution in [0.15, 0.2) is 65.7 Å². The van der Waals surface area contributed by atoms with Crippen molar-refractivity contribution in [3.63, 3.8) is 0 Å². The van der Waals surface area contributed by atoms with E-state index in [1.165, 1.54) is 5.69 Å². The second-order valence-electron chi connectivity index (χ2n) is 6.43. The van der Waals surface area contributed by atoms with Gasteiger partial charge in [-0.05, 0) is 37.1 Å². The summed E-state index contributed by atoms with van der Waals surface area (Å²) in [6.07, 6.45) is 2.04. The summed E-state index contributed by atoms with van der Waals surface area (Å²) in [5.41, 5.74) is 1.29. The topological polar surface area (TPSA) is 48.9 Å². The maximum Gasteiger partial charge on any atom is 0.191 e. The summed E-state index contributed by atoms with van der Waals surface area (Å²) in [5.74, 6) is 1.78. The minimum absolute atomic E-state index is 0. The molecular weight excluding hydrogens is 451 g/mol. The molecule has 1 saturated heterocycles. The van der Waals surface area contributed by atoms with Crippen LogP contribution < -0.4 is 20.3 Å². The molecule has 2 N–H and O–H groups in total. The maximum absolute atomic E-state index is 5.71. The lowest BCUT2D eigenvalue weighted by Gasteiger charge is -2.20. The molecule has 0 spiro atoms. The van der Waals surface area contributed by atoms with Gasteiger partial charge in [0.15, 0.2) is 5.96 Å². The van der Waals surface area contributed by atoms with E-state index >= 15 is 0 Å². The maximum atomic E-state index is 5.71. The van der Waals surface area contributed by atoms with Crippen molar-refractivity contribution in [2.75, 3.05) is 38.2 Å². The van der Waals surface area contributed by atoms with Crippen LogP contribution in [0.3, 0.4) is 0 Å². The van der Waals surface area contributed by atoms with Gasteiger partial charge in [-0.15, -0.1) is 24.0 Å². The normalized spacial score (nSPS) is 16.6. The van der Waals surface area contributed by atoms with Crippen LogP contribution in [0.1, 0.15) is 12.8 Å². The summed E-state index contributed by atoms with van der Waals surface area (Å²) >= 11 is 0. The number of hydrogen-bond acceptors (Lipinski definition) is 3. The summed E-state index contributed by atoms with van der Waals surface area (Å²) in [7, 11) is 1.82. The molecular formula is C21H29IN4O. The molecule has 0 radical (unpaired) electrons. The Morgan fingerprint density at radius 3 is 2.52 bits per heavy atom. The zero-order valence-electron chi connectivity index (χ0n) is 15.8. The molecule has 1 unspecified atom stereocenters. The number of halogens is 1. The highest BCUT2D eigenvalue weighted by molar-refractivity contribution is 14.0. The third kappa shape index (κ3) is 6.93. The van der Waals surface area contributed by atoms with E-state index in [0.29, 0.717) is 12.6 Å². The molecule has 3 rings (SSSR count). The summed E-state index contributed by atoms with van der Waals surface area (Å²) in [6.45, 7) is 3.60. The molecule has 0 saturated carbocycles. The molecule has 0 amide bonds. The molecule has 0 aliphatic carbocycles. The van der Waals surface area contributed by atoms with Crippen molar-refractivity contribution < 1.29 is 4.74 Å². The van der Waals surface area contributed by atoms with E-state index < -0.39 is 0 Å². The van der Waals surface area contributed by atoms with Crippen molar-refractivity contribution in [1.82, 2.24) is 10.6 Å². The number of hydrogen-bond donors (Lipinski definition) is 2. The molecule has 0 aromatic heterocycles. The fraction of sp³-hybridized carbons (Fsp3) is 0.381. The molecule has 0 bridgehead atoms. The fourth-order valence-corrected chi connectivity index (χ4v) is 3.13. The van der Waals surface area contributed by atoms with E-state index in [1.54, 1.807) is 0 Å². The first-order valence-corrected chi connectivity index (χ1v) is 9.30. The largest absolute Gasteiger partial charge is 0.494 e. The van der Waals surface area contributed by atoms with Gasteiger partial charge in [-0.3, -0.25) is 4.99 Å². The van der Waals surface area contributed by atoms with Gasteiger partial charge in [0.25, 0.3) is 0 Å². The minimum atomic E-state index is 0. The van der Waals surface area contributed by atoms with Crippen LogP contribution in [0.5, 0.6) is 5.75 Å². The number of para-hydroxylation sites is 2. The number of nitrogens with zero attached hydrogens (tertiary/aromatic N) is 2. The quantitative estimate of drug-likeness (QED) is 0.276. The highest BCUT2D eigenvalue weighted by atomic mass is 127. The Hall–Kier alpha value is -1.96. The molecule has 2 aromatic rings. The van der Waals surface area contributed by atoms with Gasteiger partial charge >= 0.3 is 0 Å². The summed E-state index contributed by atoms with van der Waals surface area (Å²) in [4.78, 5) is 6.76. The molecule has 1 heterocycles. The number of nitrogens with one attached hydrogen (secondary N) is 2. The van der Waals surface area contributed by atoms with Crippen LogP contribution in [0, 0.1) is 0 Å². The van der Waals surface area contributed by atoms with E-state index in [2.05, 4.69) is 50.9 Å². The standard InChI is InChI=1S/C21H28N4O.HI/c1-22-21(23-14-8-16-26-20-11-6-3-7-12-20)24-18-13-15-25(17-18)19-9-4-2-5-10-19;/h2-7,9-12,18H,8,13-17H2,1H3,(H2,22,23,24);1H. The fourth-order valence-electron chi connectivity index (χ4n) is 3.13. The van der Waals surface area contributed by atoms with E-state index in [1.807, 2.05) is 37.4 Å². The first-order chi connectivity index (χ1) is 12.8. The zero-order chi connectivity index (χ0) is 18.0. The number of ether oxygens (including phenoxy) is 1. The van der Waals surface area contributed by atoms with Crippen LogP contribution in [0.25, 0.3) is 0 Å². The Bertz CT molecular complexity index is 681. The van der Waals surface area contributed by atoms with Crippen LogP contribution in [-0.2, 0) is 0 Å². The van der Waals surface area contributed by atoms with Gasteiger partial charge in [0.2, 0.25) is 0 Å². The van der Waals surface area contributed by atoms with E-state index in [0.717, 1.165) is 44.2 Å². The van der Waals surface area contributed by atoms with E-state index in [9.17, 15) is 0 Å². The van der Waals surface area contributed by atoms with Gasteiger partial charge in [0, 0.05) is 38.4 Å². The van der Waals surface area contributed by atoms with Gasteiger partial charge in [0.1, 0.15) is 5.75 Å². The van der Waals surface area contributed by atoms with Gasteiger partial charge in [0.05, 0.1) is 6.61 Å². The van der Waals surface area contributed by atoms with E-state index in [4.69, 9.17) is 4.74 Å². The van der Waals surface area contributed by atoms with Gasteiger partial charge in [-0.2, -0.15) is 0 Å². The summed E-state index contributed by atoms with van der Waals surface area (Å²) < 4.78 is 5.71. The van der Waals surface area contributed by atoms with Crippen molar-refractivity contribution >= 4 is 35.6 Å². The predicted molar refractivity (Wildman–Crippen MR) is 124 cm³/mol. The minimum Gasteiger partial charge on any atom is -0.494 e. The molecule has 5 nitrogen and oxygen atoms in total. The van der Waals surface area contributed by atoms with Crippen molar-refractivity contribution in [1.29, 1.82) is 0 Å². The highest BCUT2D eigenvalue weighted by Gasteiger charge is 2.23. The number of anilines is 1. The predicted octanol–water partition coefficient (Wildman–Crippen LogP) is 3.52. The smallest absolute Gasteiger partial charge is 0.191 e. The van der Waals surface area contributed by atoms with Crippen molar-refractivity contribution in [2.24, 2.45) is 4.99 Å². The number of rotatable bonds is 7. The molecule has 146 valence electrons. The Kier molecular flexibility index (Phi) is 9.24. The van der Waals surface area contributed by atoms with Crippen molar-refractivity contribution in [3.8, 4) is 5.75 Å². The van der Waals surface area contributed by atoms with Crippen LogP contribution in [0.4, 0.5) is 5.69 Å². The molecule has 6 heteroatoms. The van der Waals surface area contributed by atoms with Crippen molar-refractivity contribution in [3.05, 3.63) is 60.7 Å². The molecule has 1 fully saturated rings. The van der Waals surface area contributed by atoms with Gasteiger partial charge < -0.3 is 20.3 Å². The number of guanidine groups is 1. The Morgan fingerprint density at radius 1 is 1.11 bits per heavy atom. The Balaban J connectivity index is 0.00000261. The molecule has 27 heavy (non-hydrogen) atoms. The third-order valence-electron chi connectivity index (χ3n) is 4.50. The SMILES string of the molecule is CN=C(NCCCOc1ccccc1)NC1CCN(c2ccccc2)C1.I. The third-order valence-corrected chi connectivity index (χ3v) is 4.50. The lowest BCUT2D eigenvalue weighted by Crippen LogP contribution is -2.45. The second kappa shape index (κ2) is 11.7. The first kappa shape index (κ1) is 21.3. The average Bonchev–Trinajstić information content (AvgIpc) is 3.17. The molecule has 1 aliphatic rings. The van der Waals surface area contributed by atoms with E-state index in [-0.39, 0.29) is 24.0 Å². The average molecular weight is 480 g/mol. The first-order valence-electron chi connectivity index (χ1n) is 9.30. The van der Waals surface area contributed by atoms with Crippen LogP contribution >= 0.6 is 24.0 Å². The van der Waals surface area contributed by atoms with Crippen LogP contribution in [0.2, 0.25) is 0 Å². The monoisotopic (exact) mass is 480 g/mol.